The second-order valence-electron chi connectivity index (χ2n) is 4.55. The average molecular weight is 222 g/mol. The Balaban J connectivity index is 2.33. The van der Waals surface area contributed by atoms with Crippen molar-refractivity contribution in [2.45, 2.75) is 58.5 Å². The fourth-order valence-electron chi connectivity index (χ4n) is 2.06. The largest absolute Gasteiger partial charge is 0.350 e. The van der Waals surface area contributed by atoms with Crippen molar-refractivity contribution in [1.82, 2.24) is 9.88 Å². The molecule has 0 fully saturated rings. The third-order valence-corrected chi connectivity index (χ3v) is 3.24. The number of unbranched alkanes of at least 4 members (excludes halogenated alkanes) is 4. The Hall–Kier alpha value is -0.760. The molecular formula is C14H26N2. The highest BCUT2D eigenvalue weighted by Crippen LogP contribution is 2.14. The zero-order valence-electron chi connectivity index (χ0n) is 11.0. The maximum atomic E-state index is 3.30. The summed E-state index contributed by atoms with van der Waals surface area (Å²) >= 11 is 0. The molecule has 1 aromatic heterocycles. The molecule has 0 bridgehead atoms. The number of hydrogen-bond donors (Lipinski definition) is 1. The summed E-state index contributed by atoms with van der Waals surface area (Å²) in [6.45, 7) is 5.64. The van der Waals surface area contributed by atoms with E-state index in [1.165, 1.54) is 37.8 Å². The van der Waals surface area contributed by atoms with Gasteiger partial charge in [0, 0.05) is 24.5 Å². The summed E-state index contributed by atoms with van der Waals surface area (Å²) in [6.07, 6.45) is 8.95. The molecule has 2 heteroatoms. The Bertz CT molecular complexity index is 278. The summed E-state index contributed by atoms with van der Waals surface area (Å²) in [5, 5.41) is 3.30. The molecule has 0 aliphatic rings. The Kier molecular flexibility index (Phi) is 6.24. The minimum atomic E-state index is 0.450. The van der Waals surface area contributed by atoms with Crippen LogP contribution in [0, 0.1) is 0 Å². The van der Waals surface area contributed by atoms with Crippen molar-refractivity contribution in [2.75, 3.05) is 7.05 Å². The lowest BCUT2D eigenvalue weighted by atomic mass is 10.1. The summed E-state index contributed by atoms with van der Waals surface area (Å²) in [5.74, 6) is 0. The van der Waals surface area contributed by atoms with Gasteiger partial charge in [-0.2, -0.15) is 0 Å². The molecule has 1 atom stereocenters. The van der Waals surface area contributed by atoms with Crippen molar-refractivity contribution in [3.05, 3.63) is 24.0 Å². The van der Waals surface area contributed by atoms with E-state index in [2.05, 4.69) is 42.1 Å². The zero-order chi connectivity index (χ0) is 11.8. The lowest BCUT2D eigenvalue weighted by Crippen LogP contribution is -2.16. The van der Waals surface area contributed by atoms with Gasteiger partial charge in [0.05, 0.1) is 0 Å². The van der Waals surface area contributed by atoms with E-state index in [1.54, 1.807) is 0 Å². The van der Waals surface area contributed by atoms with Crippen molar-refractivity contribution < 1.29 is 0 Å². The quantitative estimate of drug-likeness (QED) is 0.663. The summed E-state index contributed by atoms with van der Waals surface area (Å²) in [7, 11) is 2.02. The normalized spacial score (nSPS) is 12.9. The number of hydrogen-bond acceptors (Lipinski definition) is 1. The smallest absolute Gasteiger partial charge is 0.0443 e. The zero-order valence-corrected chi connectivity index (χ0v) is 11.0. The van der Waals surface area contributed by atoms with Crippen molar-refractivity contribution >= 4 is 0 Å². The predicted octanol–water partition coefficient (Wildman–Crippen LogP) is 3.74. The lowest BCUT2D eigenvalue weighted by Gasteiger charge is -2.14. The van der Waals surface area contributed by atoms with Gasteiger partial charge in [0.2, 0.25) is 0 Å². The summed E-state index contributed by atoms with van der Waals surface area (Å²) in [6, 6.07) is 4.81. The Morgan fingerprint density at radius 2 is 2.00 bits per heavy atom. The van der Waals surface area contributed by atoms with Gasteiger partial charge in [0.15, 0.2) is 0 Å². The predicted molar refractivity (Wildman–Crippen MR) is 70.7 cm³/mol. The van der Waals surface area contributed by atoms with E-state index in [0.29, 0.717) is 6.04 Å². The van der Waals surface area contributed by atoms with Gasteiger partial charge < -0.3 is 9.88 Å². The first kappa shape index (κ1) is 13.3. The topological polar surface area (TPSA) is 17.0 Å². The number of rotatable bonds is 8. The molecule has 1 N–H and O–H groups in total. The van der Waals surface area contributed by atoms with E-state index in [9.17, 15) is 0 Å². The van der Waals surface area contributed by atoms with Crippen molar-refractivity contribution in [2.24, 2.45) is 0 Å². The Morgan fingerprint density at radius 1 is 1.25 bits per heavy atom. The maximum absolute atomic E-state index is 3.30. The molecule has 1 rings (SSSR count). The Labute approximate surface area is 100 Å². The second-order valence-corrected chi connectivity index (χ2v) is 4.55. The maximum Gasteiger partial charge on any atom is 0.0443 e. The van der Waals surface area contributed by atoms with Crippen LogP contribution in [-0.2, 0) is 6.54 Å². The molecule has 0 aliphatic carbocycles. The van der Waals surface area contributed by atoms with Crippen LogP contribution >= 0.6 is 0 Å². The molecule has 0 radical (unpaired) electrons. The van der Waals surface area contributed by atoms with Gasteiger partial charge in [-0.3, -0.25) is 0 Å². The van der Waals surface area contributed by atoms with Crippen molar-refractivity contribution in [1.29, 1.82) is 0 Å². The molecule has 0 aliphatic heterocycles. The lowest BCUT2D eigenvalue weighted by molar-refractivity contribution is 0.526. The highest BCUT2D eigenvalue weighted by Gasteiger charge is 2.06. The molecule has 1 aromatic rings. The fraction of sp³-hybridized carbons (Fsp3) is 0.714. The molecule has 1 unspecified atom stereocenters. The van der Waals surface area contributed by atoms with Crippen LogP contribution in [0.5, 0.6) is 0 Å². The van der Waals surface area contributed by atoms with Gasteiger partial charge in [-0.05, 0) is 32.5 Å². The number of nitrogens with one attached hydrogen (secondary N) is 1. The molecule has 0 amide bonds. The molecule has 0 spiro atoms. The first-order valence-corrected chi connectivity index (χ1v) is 6.62. The highest BCUT2D eigenvalue weighted by molar-refractivity contribution is 5.11. The second kappa shape index (κ2) is 7.50. The van der Waals surface area contributed by atoms with Crippen molar-refractivity contribution in [3.8, 4) is 0 Å². The number of aromatic nitrogens is 1. The van der Waals surface area contributed by atoms with Crippen LogP contribution in [0.25, 0.3) is 0 Å². The van der Waals surface area contributed by atoms with E-state index >= 15 is 0 Å². The van der Waals surface area contributed by atoms with E-state index in [0.717, 1.165) is 6.54 Å². The van der Waals surface area contributed by atoms with Crippen LogP contribution in [0.4, 0.5) is 0 Å². The van der Waals surface area contributed by atoms with Crippen LogP contribution in [0.3, 0.4) is 0 Å². The first-order valence-electron chi connectivity index (χ1n) is 6.62. The monoisotopic (exact) mass is 222 g/mol. The average Bonchev–Trinajstić information content (AvgIpc) is 2.76. The first-order chi connectivity index (χ1) is 7.79. The van der Waals surface area contributed by atoms with Crippen LogP contribution < -0.4 is 5.32 Å². The molecule has 0 aromatic carbocycles. The third kappa shape index (κ3) is 4.01. The van der Waals surface area contributed by atoms with Gasteiger partial charge >= 0.3 is 0 Å². The SMILES string of the molecule is CCCCCCCn1cccc1C(C)NC. The van der Waals surface area contributed by atoms with E-state index in [1.807, 2.05) is 7.05 Å². The molecule has 0 saturated heterocycles. The van der Waals surface area contributed by atoms with Crippen LogP contribution in [-0.4, -0.2) is 11.6 Å². The van der Waals surface area contributed by atoms with Gasteiger partial charge in [0.25, 0.3) is 0 Å². The van der Waals surface area contributed by atoms with Gasteiger partial charge in [0.1, 0.15) is 0 Å². The Morgan fingerprint density at radius 3 is 2.69 bits per heavy atom. The van der Waals surface area contributed by atoms with E-state index in [-0.39, 0.29) is 0 Å². The highest BCUT2D eigenvalue weighted by atomic mass is 15.0. The van der Waals surface area contributed by atoms with Gasteiger partial charge in [-0.1, -0.05) is 32.6 Å². The number of aryl methyl sites for hydroxylation is 1. The summed E-state index contributed by atoms with van der Waals surface area (Å²) in [5.41, 5.74) is 1.40. The van der Waals surface area contributed by atoms with Crippen LogP contribution in [0.15, 0.2) is 18.3 Å². The standard InChI is InChI=1S/C14H26N2/c1-4-5-6-7-8-11-16-12-9-10-14(16)13(2)15-3/h9-10,12-13,15H,4-8,11H2,1-3H3. The molecular weight excluding hydrogens is 196 g/mol. The number of nitrogens with zero attached hydrogens (tertiary/aromatic N) is 1. The van der Waals surface area contributed by atoms with Gasteiger partial charge in [-0.25, -0.2) is 0 Å². The molecule has 2 nitrogen and oxygen atoms in total. The minimum Gasteiger partial charge on any atom is -0.350 e. The molecule has 1 heterocycles. The molecule has 16 heavy (non-hydrogen) atoms. The molecule has 0 saturated carbocycles. The van der Waals surface area contributed by atoms with Crippen LogP contribution in [0.2, 0.25) is 0 Å². The summed E-state index contributed by atoms with van der Waals surface area (Å²) < 4.78 is 2.38. The van der Waals surface area contributed by atoms with E-state index in [4.69, 9.17) is 0 Å². The van der Waals surface area contributed by atoms with Crippen molar-refractivity contribution in [3.63, 3.8) is 0 Å². The molecule has 92 valence electrons. The third-order valence-electron chi connectivity index (χ3n) is 3.24. The summed E-state index contributed by atoms with van der Waals surface area (Å²) in [4.78, 5) is 0. The minimum absolute atomic E-state index is 0.450. The van der Waals surface area contributed by atoms with E-state index < -0.39 is 0 Å². The fourth-order valence-corrected chi connectivity index (χ4v) is 2.06. The van der Waals surface area contributed by atoms with Gasteiger partial charge in [-0.15, -0.1) is 0 Å². The van der Waals surface area contributed by atoms with Crippen LogP contribution in [0.1, 0.15) is 57.7 Å².